The molecule has 0 saturated carbocycles. The molecular formula is C14H10F3N5O. The molecule has 0 spiro atoms. The van der Waals surface area contributed by atoms with Crippen molar-refractivity contribution >= 4 is 17.5 Å². The number of halogens is 3. The van der Waals surface area contributed by atoms with Gasteiger partial charge in [0, 0.05) is 6.07 Å². The SMILES string of the molecule is O=C(c1ccccc1C(F)(F)F)N(c1cnc[nH]1)c1ccn[nH]1. The molecular weight excluding hydrogens is 311 g/mol. The number of hydrogen-bond donors (Lipinski definition) is 2. The van der Waals surface area contributed by atoms with Gasteiger partial charge in [0.25, 0.3) is 5.91 Å². The van der Waals surface area contributed by atoms with E-state index in [0.29, 0.717) is 0 Å². The lowest BCUT2D eigenvalue weighted by Crippen LogP contribution is -2.29. The minimum atomic E-state index is -4.64. The quantitative estimate of drug-likeness (QED) is 0.778. The zero-order valence-corrected chi connectivity index (χ0v) is 11.5. The number of rotatable bonds is 3. The summed E-state index contributed by atoms with van der Waals surface area (Å²) in [5.74, 6) is -0.418. The van der Waals surface area contributed by atoms with E-state index in [9.17, 15) is 18.0 Å². The Morgan fingerprint density at radius 1 is 1.13 bits per heavy atom. The van der Waals surface area contributed by atoms with Crippen molar-refractivity contribution in [2.24, 2.45) is 0 Å². The summed E-state index contributed by atoms with van der Waals surface area (Å²) >= 11 is 0. The van der Waals surface area contributed by atoms with E-state index >= 15 is 0 Å². The second-order valence-corrected chi connectivity index (χ2v) is 4.56. The second kappa shape index (κ2) is 5.59. The maximum atomic E-state index is 13.1. The van der Waals surface area contributed by atoms with Crippen molar-refractivity contribution in [2.75, 3.05) is 4.90 Å². The van der Waals surface area contributed by atoms with Crippen LogP contribution >= 0.6 is 0 Å². The summed E-state index contributed by atoms with van der Waals surface area (Å²) in [7, 11) is 0. The van der Waals surface area contributed by atoms with Crippen LogP contribution in [0.2, 0.25) is 0 Å². The minimum Gasteiger partial charge on any atom is -0.331 e. The number of imidazole rings is 1. The van der Waals surface area contributed by atoms with Gasteiger partial charge in [-0.05, 0) is 12.1 Å². The third-order valence-electron chi connectivity index (χ3n) is 3.12. The number of hydrogen-bond acceptors (Lipinski definition) is 3. The summed E-state index contributed by atoms with van der Waals surface area (Å²) in [5, 5.41) is 6.29. The normalized spacial score (nSPS) is 11.4. The maximum absolute atomic E-state index is 13.1. The van der Waals surface area contributed by atoms with Crippen LogP contribution in [0.1, 0.15) is 15.9 Å². The van der Waals surface area contributed by atoms with Crippen molar-refractivity contribution in [3.05, 3.63) is 60.2 Å². The van der Waals surface area contributed by atoms with E-state index in [2.05, 4.69) is 20.2 Å². The number of aromatic nitrogens is 4. The van der Waals surface area contributed by atoms with Crippen molar-refractivity contribution in [1.29, 1.82) is 0 Å². The molecule has 23 heavy (non-hydrogen) atoms. The van der Waals surface area contributed by atoms with Gasteiger partial charge >= 0.3 is 6.18 Å². The minimum absolute atomic E-state index is 0.219. The first kappa shape index (κ1) is 14.8. The number of amides is 1. The number of nitrogens with one attached hydrogen (secondary N) is 2. The number of anilines is 2. The Hall–Kier alpha value is -3.10. The van der Waals surface area contributed by atoms with Crippen LogP contribution in [0.15, 0.2) is 49.1 Å². The maximum Gasteiger partial charge on any atom is 0.417 e. The second-order valence-electron chi connectivity index (χ2n) is 4.56. The van der Waals surface area contributed by atoms with E-state index in [1.54, 1.807) is 0 Å². The van der Waals surface area contributed by atoms with Crippen molar-refractivity contribution in [2.45, 2.75) is 6.18 Å². The molecule has 0 fully saturated rings. The fourth-order valence-electron chi connectivity index (χ4n) is 2.13. The molecule has 2 aromatic heterocycles. The first-order valence-electron chi connectivity index (χ1n) is 6.47. The Morgan fingerprint density at radius 3 is 2.52 bits per heavy atom. The highest BCUT2D eigenvalue weighted by atomic mass is 19.4. The zero-order chi connectivity index (χ0) is 16.4. The van der Waals surface area contributed by atoms with E-state index in [1.165, 1.54) is 36.9 Å². The average Bonchev–Trinajstić information content (AvgIpc) is 3.20. The summed E-state index contributed by atoms with van der Waals surface area (Å²) in [6.07, 6.45) is -0.599. The van der Waals surface area contributed by atoms with Crippen molar-refractivity contribution in [1.82, 2.24) is 20.2 Å². The molecule has 0 bridgehead atoms. The summed E-state index contributed by atoms with van der Waals surface area (Å²) in [6.45, 7) is 0. The lowest BCUT2D eigenvalue weighted by molar-refractivity contribution is -0.137. The molecule has 2 heterocycles. The van der Waals surface area contributed by atoms with Crippen molar-refractivity contribution < 1.29 is 18.0 Å². The van der Waals surface area contributed by atoms with Crippen LogP contribution in [0.25, 0.3) is 0 Å². The van der Waals surface area contributed by atoms with Gasteiger partial charge in [0.2, 0.25) is 0 Å². The van der Waals surface area contributed by atoms with Crippen LogP contribution in [0.3, 0.4) is 0 Å². The molecule has 0 saturated heterocycles. The van der Waals surface area contributed by atoms with Gasteiger partial charge in [0.15, 0.2) is 0 Å². The number of carbonyl (C=O) groups excluding carboxylic acids is 1. The molecule has 3 rings (SSSR count). The molecule has 9 heteroatoms. The highest BCUT2D eigenvalue weighted by Gasteiger charge is 2.36. The van der Waals surface area contributed by atoms with Gasteiger partial charge in [-0.3, -0.25) is 9.89 Å². The Morgan fingerprint density at radius 2 is 1.91 bits per heavy atom. The van der Waals surface area contributed by atoms with Crippen LogP contribution < -0.4 is 4.90 Å². The van der Waals surface area contributed by atoms with E-state index in [1.807, 2.05) is 0 Å². The fraction of sp³-hybridized carbons (Fsp3) is 0.0714. The topological polar surface area (TPSA) is 77.7 Å². The number of nitrogens with zero attached hydrogens (tertiary/aromatic N) is 3. The predicted molar refractivity (Wildman–Crippen MR) is 75.1 cm³/mol. The number of H-pyrrole nitrogens is 2. The summed E-state index contributed by atoms with van der Waals surface area (Å²) in [5.41, 5.74) is -1.47. The molecule has 0 aliphatic carbocycles. The smallest absolute Gasteiger partial charge is 0.331 e. The molecule has 1 aromatic carbocycles. The van der Waals surface area contributed by atoms with E-state index in [0.717, 1.165) is 17.0 Å². The molecule has 6 nitrogen and oxygen atoms in total. The fourth-order valence-corrected chi connectivity index (χ4v) is 2.13. The molecule has 0 atom stereocenters. The standard InChI is InChI=1S/C14H10F3N5O/c15-14(16,17)10-4-2-1-3-9(10)13(23)22(11-5-6-20-21-11)12-7-18-8-19-12/h1-8H,(H,18,19)(H,20,21). The van der Waals surface area contributed by atoms with Crippen LogP contribution in [0, 0.1) is 0 Å². The number of alkyl halides is 3. The molecule has 0 aliphatic heterocycles. The van der Waals surface area contributed by atoms with Gasteiger partial charge in [-0.15, -0.1) is 0 Å². The molecule has 2 N–H and O–H groups in total. The summed E-state index contributed by atoms with van der Waals surface area (Å²) < 4.78 is 39.4. The molecule has 3 aromatic rings. The molecule has 1 amide bonds. The van der Waals surface area contributed by atoms with Crippen LogP contribution in [0.4, 0.5) is 24.8 Å². The van der Waals surface area contributed by atoms with Crippen molar-refractivity contribution in [3.63, 3.8) is 0 Å². The van der Waals surface area contributed by atoms with E-state index < -0.39 is 23.2 Å². The van der Waals surface area contributed by atoms with Crippen LogP contribution in [-0.4, -0.2) is 26.1 Å². The Balaban J connectivity index is 2.11. The van der Waals surface area contributed by atoms with Crippen LogP contribution in [0.5, 0.6) is 0 Å². The Kier molecular flexibility index (Phi) is 3.61. The zero-order valence-electron chi connectivity index (χ0n) is 11.5. The lowest BCUT2D eigenvalue weighted by Gasteiger charge is -2.21. The third-order valence-corrected chi connectivity index (χ3v) is 3.12. The molecule has 0 unspecified atom stereocenters. The number of carbonyl (C=O) groups is 1. The van der Waals surface area contributed by atoms with Gasteiger partial charge in [0.05, 0.1) is 29.8 Å². The highest BCUT2D eigenvalue weighted by molar-refractivity contribution is 6.10. The third kappa shape index (κ3) is 2.80. The summed E-state index contributed by atoms with van der Waals surface area (Å²) in [4.78, 5) is 20.3. The Labute approximate surface area is 128 Å². The predicted octanol–water partition coefficient (Wildman–Crippen LogP) is 3.13. The lowest BCUT2D eigenvalue weighted by atomic mass is 10.1. The van der Waals surface area contributed by atoms with Gasteiger partial charge < -0.3 is 4.98 Å². The van der Waals surface area contributed by atoms with Crippen molar-refractivity contribution in [3.8, 4) is 0 Å². The van der Waals surface area contributed by atoms with Gasteiger partial charge in [-0.1, -0.05) is 12.1 Å². The first-order chi connectivity index (χ1) is 11.0. The van der Waals surface area contributed by atoms with Crippen LogP contribution in [-0.2, 0) is 6.18 Å². The monoisotopic (exact) mass is 321 g/mol. The van der Waals surface area contributed by atoms with E-state index in [-0.39, 0.29) is 11.6 Å². The Bertz CT molecular complexity index is 762. The summed E-state index contributed by atoms with van der Waals surface area (Å²) in [6, 6.07) is 6.07. The van der Waals surface area contributed by atoms with E-state index in [4.69, 9.17) is 0 Å². The van der Waals surface area contributed by atoms with Gasteiger partial charge in [0.1, 0.15) is 11.6 Å². The molecule has 0 aliphatic rings. The van der Waals surface area contributed by atoms with Gasteiger partial charge in [-0.25, -0.2) is 9.88 Å². The van der Waals surface area contributed by atoms with Gasteiger partial charge in [-0.2, -0.15) is 18.3 Å². The largest absolute Gasteiger partial charge is 0.417 e. The number of aromatic amines is 2. The molecule has 118 valence electrons. The first-order valence-corrected chi connectivity index (χ1v) is 6.47. The number of benzene rings is 1. The highest BCUT2D eigenvalue weighted by Crippen LogP contribution is 2.34. The average molecular weight is 321 g/mol. The molecule has 0 radical (unpaired) electrons.